The average molecular weight is 256 g/mol. The van der Waals surface area contributed by atoms with E-state index in [4.69, 9.17) is 4.74 Å². The van der Waals surface area contributed by atoms with E-state index in [9.17, 15) is 4.39 Å². The summed E-state index contributed by atoms with van der Waals surface area (Å²) in [4.78, 5) is 0. The first-order valence-corrected chi connectivity index (χ1v) is 6.85. The Morgan fingerprint density at radius 1 is 1.39 bits per heavy atom. The molecule has 0 aromatic carbocycles. The second-order valence-electron chi connectivity index (χ2n) is 5.70. The number of allylic oxidation sites excluding steroid dienone is 4. The maximum Gasteiger partial charge on any atom is 0.108 e. The minimum absolute atomic E-state index is 0.00396. The number of alkyl halides is 1. The van der Waals surface area contributed by atoms with Crippen molar-refractivity contribution in [1.29, 1.82) is 0 Å². The number of rotatable bonds is 9. The van der Waals surface area contributed by atoms with Crippen LogP contribution in [0.1, 0.15) is 53.4 Å². The van der Waals surface area contributed by atoms with Gasteiger partial charge in [-0.2, -0.15) is 0 Å². The highest BCUT2D eigenvalue weighted by Gasteiger charge is 2.15. The van der Waals surface area contributed by atoms with Crippen molar-refractivity contribution in [3.63, 3.8) is 0 Å². The lowest BCUT2D eigenvalue weighted by Crippen LogP contribution is -2.22. The molecule has 1 nitrogen and oxygen atoms in total. The minimum Gasteiger partial charge on any atom is -0.379 e. The number of hydrogen-bond acceptors (Lipinski definition) is 1. The molecule has 0 aliphatic heterocycles. The summed E-state index contributed by atoms with van der Waals surface area (Å²) in [6.45, 7) is 8.07. The molecule has 2 heteroatoms. The summed E-state index contributed by atoms with van der Waals surface area (Å²) in [5, 5.41) is 0. The molecule has 106 valence electrons. The standard InChI is InChI=1S/C16H29FO/c1-14(8-6-9-15(2)11-13-17)10-7-12-16(3,4)18-5/h6,9,11,14H,7-8,10,12-13H2,1-5H3. The molecule has 0 heterocycles. The van der Waals surface area contributed by atoms with Gasteiger partial charge in [-0.1, -0.05) is 43.6 Å². The van der Waals surface area contributed by atoms with Crippen molar-refractivity contribution in [2.75, 3.05) is 13.8 Å². The van der Waals surface area contributed by atoms with E-state index < -0.39 is 0 Å². The van der Waals surface area contributed by atoms with E-state index in [0.717, 1.165) is 18.4 Å². The minimum atomic E-state index is -0.377. The van der Waals surface area contributed by atoms with Crippen LogP contribution < -0.4 is 0 Å². The maximum atomic E-state index is 12.0. The summed E-state index contributed by atoms with van der Waals surface area (Å²) in [7, 11) is 1.77. The number of hydrogen-bond donors (Lipinski definition) is 0. The second kappa shape index (κ2) is 9.32. The first-order valence-electron chi connectivity index (χ1n) is 6.85. The van der Waals surface area contributed by atoms with Gasteiger partial charge in [0.05, 0.1) is 5.60 Å². The molecule has 0 saturated heterocycles. The van der Waals surface area contributed by atoms with Crippen LogP contribution in [-0.4, -0.2) is 19.4 Å². The normalized spacial score (nSPS) is 15.3. The molecule has 0 aliphatic carbocycles. The van der Waals surface area contributed by atoms with Crippen molar-refractivity contribution < 1.29 is 9.13 Å². The van der Waals surface area contributed by atoms with Crippen LogP contribution in [0.3, 0.4) is 0 Å². The zero-order valence-corrected chi connectivity index (χ0v) is 12.6. The molecule has 18 heavy (non-hydrogen) atoms. The SMILES string of the molecule is COC(C)(C)CCCC(C)CC=CC(C)=CCF. The van der Waals surface area contributed by atoms with Crippen LogP contribution >= 0.6 is 0 Å². The molecule has 0 rings (SSSR count). The van der Waals surface area contributed by atoms with Crippen molar-refractivity contribution >= 4 is 0 Å². The van der Waals surface area contributed by atoms with Crippen LogP contribution in [0, 0.1) is 5.92 Å². The fourth-order valence-electron chi connectivity index (χ4n) is 1.77. The van der Waals surface area contributed by atoms with E-state index in [1.54, 1.807) is 13.2 Å². The smallest absolute Gasteiger partial charge is 0.108 e. The third kappa shape index (κ3) is 9.41. The Hall–Kier alpha value is -0.630. The van der Waals surface area contributed by atoms with Crippen LogP contribution in [-0.2, 0) is 4.74 Å². The monoisotopic (exact) mass is 256 g/mol. The van der Waals surface area contributed by atoms with Crippen LogP contribution in [0.15, 0.2) is 23.8 Å². The topological polar surface area (TPSA) is 9.23 Å². The van der Waals surface area contributed by atoms with Gasteiger partial charge < -0.3 is 4.74 Å². The van der Waals surface area contributed by atoms with E-state index in [-0.39, 0.29) is 12.3 Å². The Morgan fingerprint density at radius 3 is 2.61 bits per heavy atom. The highest BCUT2D eigenvalue weighted by atomic mass is 19.1. The molecule has 0 spiro atoms. The van der Waals surface area contributed by atoms with Crippen molar-refractivity contribution in [3.8, 4) is 0 Å². The molecule has 1 unspecified atom stereocenters. The van der Waals surface area contributed by atoms with Gasteiger partial charge in [-0.25, -0.2) is 4.39 Å². The van der Waals surface area contributed by atoms with Crippen molar-refractivity contribution in [1.82, 2.24) is 0 Å². The Bertz CT molecular complexity index is 266. The Morgan fingerprint density at radius 2 is 2.06 bits per heavy atom. The van der Waals surface area contributed by atoms with Crippen molar-refractivity contribution in [3.05, 3.63) is 23.8 Å². The van der Waals surface area contributed by atoms with E-state index in [1.165, 1.54) is 12.8 Å². The van der Waals surface area contributed by atoms with Gasteiger partial charge in [0, 0.05) is 7.11 Å². The van der Waals surface area contributed by atoms with Crippen LogP contribution in [0.25, 0.3) is 0 Å². The molecular weight excluding hydrogens is 227 g/mol. The zero-order valence-electron chi connectivity index (χ0n) is 12.6. The summed E-state index contributed by atoms with van der Waals surface area (Å²) in [6, 6.07) is 0. The Labute approximate surface area is 112 Å². The number of halogens is 1. The van der Waals surface area contributed by atoms with E-state index in [2.05, 4.69) is 26.8 Å². The molecule has 0 aliphatic rings. The first-order chi connectivity index (χ1) is 8.41. The molecule has 0 fully saturated rings. The van der Waals surface area contributed by atoms with E-state index >= 15 is 0 Å². The second-order valence-corrected chi connectivity index (χ2v) is 5.70. The lowest BCUT2D eigenvalue weighted by Gasteiger charge is -2.23. The maximum absolute atomic E-state index is 12.0. The van der Waals surface area contributed by atoms with Gasteiger partial charge in [0.15, 0.2) is 0 Å². The predicted molar refractivity (Wildman–Crippen MR) is 77.6 cm³/mol. The third-order valence-corrected chi connectivity index (χ3v) is 3.35. The van der Waals surface area contributed by atoms with Gasteiger partial charge >= 0.3 is 0 Å². The van der Waals surface area contributed by atoms with Crippen molar-refractivity contribution in [2.45, 2.75) is 59.0 Å². The first kappa shape index (κ1) is 17.4. The van der Waals surface area contributed by atoms with E-state index in [1.807, 2.05) is 13.0 Å². The molecule has 0 N–H and O–H groups in total. The Balaban J connectivity index is 3.79. The molecule has 0 radical (unpaired) electrons. The van der Waals surface area contributed by atoms with Crippen LogP contribution in [0.5, 0.6) is 0 Å². The fourth-order valence-corrected chi connectivity index (χ4v) is 1.77. The molecule has 0 aromatic rings. The molecule has 0 aromatic heterocycles. The molecule has 1 atom stereocenters. The molecule has 0 saturated carbocycles. The van der Waals surface area contributed by atoms with Gasteiger partial charge in [0.25, 0.3) is 0 Å². The molecular formula is C16H29FO. The van der Waals surface area contributed by atoms with Gasteiger partial charge in [0.2, 0.25) is 0 Å². The summed E-state index contributed by atoms with van der Waals surface area (Å²) in [5.41, 5.74) is 1.00. The number of ether oxygens (including phenoxy) is 1. The predicted octanol–water partition coefficient (Wildman–Crippen LogP) is 5.08. The lowest BCUT2D eigenvalue weighted by molar-refractivity contribution is 0.0128. The average Bonchev–Trinajstić information content (AvgIpc) is 2.29. The molecule has 0 amide bonds. The van der Waals surface area contributed by atoms with Crippen molar-refractivity contribution in [2.24, 2.45) is 5.92 Å². The third-order valence-electron chi connectivity index (χ3n) is 3.35. The van der Waals surface area contributed by atoms with E-state index in [0.29, 0.717) is 5.92 Å². The summed E-state index contributed by atoms with van der Waals surface area (Å²) >= 11 is 0. The number of methoxy groups -OCH3 is 1. The molecule has 0 bridgehead atoms. The zero-order chi connectivity index (χ0) is 14.0. The quantitative estimate of drug-likeness (QED) is 0.523. The van der Waals surface area contributed by atoms with Gasteiger partial charge in [0.1, 0.15) is 6.67 Å². The van der Waals surface area contributed by atoms with Gasteiger partial charge in [-0.05, 0) is 39.5 Å². The highest BCUT2D eigenvalue weighted by molar-refractivity contribution is 5.15. The van der Waals surface area contributed by atoms with Gasteiger partial charge in [-0.3, -0.25) is 0 Å². The van der Waals surface area contributed by atoms with Crippen LogP contribution in [0.4, 0.5) is 4.39 Å². The fraction of sp³-hybridized carbons (Fsp3) is 0.750. The largest absolute Gasteiger partial charge is 0.379 e. The highest BCUT2D eigenvalue weighted by Crippen LogP contribution is 2.20. The summed E-state index contributed by atoms with van der Waals surface area (Å²) < 4.78 is 17.4. The lowest BCUT2D eigenvalue weighted by atomic mass is 9.95. The van der Waals surface area contributed by atoms with Gasteiger partial charge in [-0.15, -0.1) is 0 Å². The summed E-state index contributed by atoms with van der Waals surface area (Å²) in [5.74, 6) is 0.673. The summed E-state index contributed by atoms with van der Waals surface area (Å²) in [6.07, 6.45) is 10.3. The van der Waals surface area contributed by atoms with Crippen LogP contribution in [0.2, 0.25) is 0 Å². The Kier molecular flexibility index (Phi) is 8.99.